The first kappa shape index (κ1) is 18.6. The van der Waals surface area contributed by atoms with Crippen LogP contribution in [0, 0.1) is 0 Å². The van der Waals surface area contributed by atoms with Gasteiger partial charge in [-0.05, 0) is 30.7 Å². The average molecular weight is 369 g/mol. The maximum atomic E-state index is 12.5. The number of para-hydroxylation sites is 1. The molecule has 7 heteroatoms. The normalized spacial score (nSPS) is 14.6. The molecule has 1 heterocycles. The van der Waals surface area contributed by atoms with Crippen LogP contribution in [0.5, 0.6) is 5.75 Å². The van der Waals surface area contributed by atoms with Crippen molar-refractivity contribution in [2.24, 2.45) is 0 Å². The van der Waals surface area contributed by atoms with Gasteiger partial charge >= 0.3 is 12.1 Å². The van der Waals surface area contributed by atoms with E-state index in [1.54, 1.807) is 30.1 Å². The molecule has 142 valence electrons. The van der Waals surface area contributed by atoms with E-state index in [-0.39, 0.29) is 23.9 Å². The Labute approximate surface area is 158 Å². The molecule has 1 aliphatic heterocycles. The first-order valence-corrected chi connectivity index (χ1v) is 8.78. The largest absolute Gasteiger partial charge is 0.508 e. The number of nitrogens with one attached hydrogen (secondary N) is 1. The van der Waals surface area contributed by atoms with Crippen molar-refractivity contribution in [1.82, 2.24) is 10.2 Å². The van der Waals surface area contributed by atoms with Gasteiger partial charge in [-0.3, -0.25) is 4.90 Å². The summed E-state index contributed by atoms with van der Waals surface area (Å²) in [6.45, 7) is 3.08. The average Bonchev–Trinajstić information content (AvgIpc) is 3.09. The molecule has 2 aromatic rings. The molecule has 2 N–H and O–H groups in total. The van der Waals surface area contributed by atoms with Crippen molar-refractivity contribution in [3.8, 4) is 5.75 Å². The van der Waals surface area contributed by atoms with E-state index in [9.17, 15) is 14.7 Å². The molecule has 0 spiro atoms. The smallest absolute Gasteiger partial charge is 0.414 e. The van der Waals surface area contributed by atoms with Crippen LogP contribution in [0.1, 0.15) is 24.1 Å². The van der Waals surface area contributed by atoms with Crippen molar-refractivity contribution in [2.45, 2.75) is 19.5 Å². The summed E-state index contributed by atoms with van der Waals surface area (Å²) in [4.78, 5) is 27.3. The van der Waals surface area contributed by atoms with Crippen LogP contribution in [0.15, 0.2) is 48.5 Å². The van der Waals surface area contributed by atoms with Crippen LogP contribution in [0.25, 0.3) is 0 Å². The third-order valence-electron chi connectivity index (χ3n) is 4.53. The van der Waals surface area contributed by atoms with Crippen LogP contribution < -0.4 is 10.2 Å². The fourth-order valence-electron chi connectivity index (χ4n) is 2.94. The molecule has 7 nitrogen and oxygen atoms in total. The Balaban J connectivity index is 1.64. The minimum absolute atomic E-state index is 0.162. The molecule has 0 aliphatic carbocycles. The summed E-state index contributed by atoms with van der Waals surface area (Å²) >= 11 is 0. The third-order valence-corrected chi connectivity index (χ3v) is 4.53. The van der Waals surface area contributed by atoms with Crippen molar-refractivity contribution < 1.29 is 19.4 Å². The molecule has 0 aromatic heterocycles. The van der Waals surface area contributed by atoms with Crippen molar-refractivity contribution in [1.29, 1.82) is 0 Å². The lowest BCUT2D eigenvalue weighted by molar-refractivity contribution is 0.181. The molecule has 0 radical (unpaired) electrons. The Kier molecular flexibility index (Phi) is 5.49. The van der Waals surface area contributed by atoms with Crippen molar-refractivity contribution in [3.05, 3.63) is 59.7 Å². The monoisotopic (exact) mass is 369 g/mol. The Hall–Kier alpha value is -3.22. The van der Waals surface area contributed by atoms with E-state index in [4.69, 9.17) is 4.74 Å². The Morgan fingerprint density at radius 2 is 2.07 bits per heavy atom. The number of aromatic hydroxyl groups is 1. The molecule has 0 bridgehead atoms. The van der Waals surface area contributed by atoms with Gasteiger partial charge in [-0.15, -0.1) is 0 Å². The summed E-state index contributed by atoms with van der Waals surface area (Å²) in [6, 6.07) is 13.9. The van der Waals surface area contributed by atoms with Gasteiger partial charge in [0.2, 0.25) is 0 Å². The number of urea groups is 1. The molecular formula is C20H23N3O4. The van der Waals surface area contributed by atoms with Crippen LogP contribution in [-0.2, 0) is 11.3 Å². The summed E-state index contributed by atoms with van der Waals surface area (Å²) in [7, 11) is 1.67. The highest BCUT2D eigenvalue weighted by Crippen LogP contribution is 2.23. The topological polar surface area (TPSA) is 82.1 Å². The molecule has 3 rings (SSSR count). The van der Waals surface area contributed by atoms with Crippen molar-refractivity contribution >= 4 is 17.8 Å². The zero-order valence-electron chi connectivity index (χ0n) is 15.4. The zero-order chi connectivity index (χ0) is 19.4. The van der Waals surface area contributed by atoms with E-state index in [0.717, 1.165) is 11.3 Å². The van der Waals surface area contributed by atoms with Gasteiger partial charge in [0.05, 0.1) is 19.1 Å². The highest BCUT2D eigenvalue weighted by molar-refractivity contribution is 5.89. The summed E-state index contributed by atoms with van der Waals surface area (Å²) in [5.41, 5.74) is 2.31. The van der Waals surface area contributed by atoms with Crippen molar-refractivity contribution in [3.63, 3.8) is 0 Å². The predicted octanol–water partition coefficient (Wildman–Crippen LogP) is 3.25. The standard InChI is InChI=1S/C20H23N3O4/c1-14(15-7-5-8-17(12-15)23-10-11-27-20(23)26)21-19(25)22(2)13-16-6-3-4-9-18(16)24/h3-9,12,14,24H,10-11,13H2,1-2H3,(H,21,25)/t14-/m0/s1. The van der Waals surface area contributed by atoms with E-state index >= 15 is 0 Å². The molecule has 0 unspecified atom stereocenters. The lowest BCUT2D eigenvalue weighted by Crippen LogP contribution is -2.38. The number of cyclic esters (lactones) is 1. The lowest BCUT2D eigenvalue weighted by Gasteiger charge is -2.23. The number of ether oxygens (including phenoxy) is 1. The first-order valence-electron chi connectivity index (χ1n) is 8.78. The number of rotatable bonds is 5. The molecule has 1 saturated heterocycles. The van der Waals surface area contributed by atoms with Gasteiger partial charge in [0.1, 0.15) is 12.4 Å². The summed E-state index contributed by atoms with van der Waals surface area (Å²) in [5, 5.41) is 12.8. The van der Waals surface area contributed by atoms with Gasteiger partial charge in [0.25, 0.3) is 0 Å². The summed E-state index contributed by atoms with van der Waals surface area (Å²) in [5.74, 6) is 0.162. The summed E-state index contributed by atoms with van der Waals surface area (Å²) in [6.07, 6.45) is -0.355. The molecule has 2 aromatic carbocycles. The third kappa shape index (κ3) is 4.31. The number of anilines is 1. The van der Waals surface area contributed by atoms with Crippen LogP contribution in [0.4, 0.5) is 15.3 Å². The van der Waals surface area contributed by atoms with E-state index in [0.29, 0.717) is 25.3 Å². The van der Waals surface area contributed by atoms with Gasteiger partial charge in [-0.2, -0.15) is 0 Å². The predicted molar refractivity (Wildman–Crippen MR) is 102 cm³/mol. The molecule has 27 heavy (non-hydrogen) atoms. The van der Waals surface area contributed by atoms with E-state index in [2.05, 4.69) is 5.32 Å². The van der Waals surface area contributed by atoms with Crippen LogP contribution in [0.2, 0.25) is 0 Å². The number of hydrogen-bond donors (Lipinski definition) is 2. The number of phenols is 1. The second kappa shape index (κ2) is 7.99. The second-order valence-corrected chi connectivity index (χ2v) is 6.52. The SMILES string of the molecule is C[C@H](NC(=O)N(C)Cc1ccccc1O)c1cccc(N2CCOC2=O)c1. The quantitative estimate of drug-likeness (QED) is 0.848. The number of benzene rings is 2. The lowest BCUT2D eigenvalue weighted by atomic mass is 10.1. The second-order valence-electron chi connectivity index (χ2n) is 6.52. The minimum Gasteiger partial charge on any atom is -0.508 e. The number of phenolic OH excluding ortho intramolecular Hbond substituents is 1. The van der Waals surface area contributed by atoms with Gasteiger partial charge < -0.3 is 20.1 Å². The minimum atomic E-state index is -0.355. The fourth-order valence-corrected chi connectivity index (χ4v) is 2.94. The zero-order valence-corrected chi connectivity index (χ0v) is 15.4. The maximum Gasteiger partial charge on any atom is 0.414 e. The number of nitrogens with zero attached hydrogens (tertiary/aromatic N) is 2. The first-order chi connectivity index (χ1) is 13.0. The number of amides is 3. The fraction of sp³-hybridized carbons (Fsp3) is 0.300. The van der Waals surface area contributed by atoms with Crippen LogP contribution in [-0.4, -0.2) is 42.3 Å². The van der Waals surface area contributed by atoms with E-state index < -0.39 is 0 Å². The van der Waals surface area contributed by atoms with Gasteiger partial charge in [0, 0.05) is 18.3 Å². The highest BCUT2D eigenvalue weighted by atomic mass is 16.6. The molecule has 1 aliphatic rings. The summed E-state index contributed by atoms with van der Waals surface area (Å²) < 4.78 is 4.97. The van der Waals surface area contributed by atoms with Crippen LogP contribution >= 0.6 is 0 Å². The van der Waals surface area contributed by atoms with Gasteiger partial charge in [-0.25, -0.2) is 9.59 Å². The Bertz CT molecular complexity index is 839. The van der Waals surface area contributed by atoms with Gasteiger partial charge in [-0.1, -0.05) is 30.3 Å². The molecular weight excluding hydrogens is 346 g/mol. The Morgan fingerprint density at radius 3 is 2.78 bits per heavy atom. The van der Waals surface area contributed by atoms with Crippen molar-refractivity contribution in [2.75, 3.05) is 25.1 Å². The number of carbonyl (C=O) groups is 2. The van der Waals surface area contributed by atoms with Crippen LogP contribution in [0.3, 0.4) is 0 Å². The van der Waals surface area contributed by atoms with E-state index in [1.807, 2.05) is 37.3 Å². The Morgan fingerprint density at radius 1 is 1.30 bits per heavy atom. The van der Waals surface area contributed by atoms with E-state index in [1.165, 1.54) is 4.90 Å². The molecule has 3 amide bonds. The number of carbonyl (C=O) groups excluding carboxylic acids is 2. The highest BCUT2D eigenvalue weighted by Gasteiger charge is 2.24. The number of hydrogen-bond acceptors (Lipinski definition) is 4. The molecule has 1 fully saturated rings. The molecule has 1 atom stereocenters. The maximum absolute atomic E-state index is 12.5. The van der Waals surface area contributed by atoms with Gasteiger partial charge in [0.15, 0.2) is 0 Å². The molecule has 0 saturated carbocycles.